The largest absolute Gasteiger partial charge is 0.456 e. The second-order valence-corrected chi connectivity index (χ2v) is 11.0. The standard InChI is InChI=1S/C32H23N3O4S/c1-19-11-14-24(26(17-19)35(37)38)27-16-13-22(39-27)18-28-31(36)34-30(21-8-3-2-4-9-21)25-15-12-20-7-5-6-10-23(20)29(25)33-32(34)40-28/h2-11,13-14,16-18,30H,12,15H2,1H3/b28-18+/t30-/m1/s1. The van der Waals surface area contributed by atoms with E-state index in [0.29, 0.717) is 26.4 Å². The molecule has 5 aromatic rings. The zero-order valence-corrected chi connectivity index (χ0v) is 22.4. The van der Waals surface area contributed by atoms with E-state index < -0.39 is 4.92 Å². The molecule has 0 fully saturated rings. The molecule has 3 aromatic carbocycles. The second kappa shape index (κ2) is 9.43. The molecule has 2 aliphatic rings. The fourth-order valence-corrected chi connectivity index (χ4v) is 6.64. The molecule has 0 saturated carbocycles. The molecule has 0 unspecified atom stereocenters. The van der Waals surface area contributed by atoms with Crippen LogP contribution in [-0.2, 0) is 6.42 Å². The highest BCUT2D eigenvalue weighted by Crippen LogP contribution is 2.41. The first-order valence-electron chi connectivity index (χ1n) is 13.0. The van der Waals surface area contributed by atoms with Crippen LogP contribution < -0.4 is 14.9 Å². The molecule has 7 nitrogen and oxygen atoms in total. The predicted octanol–water partition coefficient (Wildman–Crippen LogP) is 5.80. The smallest absolute Gasteiger partial charge is 0.280 e. The van der Waals surface area contributed by atoms with Gasteiger partial charge in [-0.1, -0.05) is 72.0 Å². The molecule has 0 N–H and O–H groups in total. The van der Waals surface area contributed by atoms with Crippen LogP contribution in [0.5, 0.6) is 0 Å². The van der Waals surface area contributed by atoms with E-state index in [1.165, 1.54) is 23.0 Å². The first-order valence-corrected chi connectivity index (χ1v) is 13.8. The van der Waals surface area contributed by atoms with Crippen LogP contribution in [0.25, 0.3) is 23.1 Å². The summed E-state index contributed by atoms with van der Waals surface area (Å²) in [6, 6.07) is 26.6. The highest BCUT2D eigenvalue weighted by Gasteiger charge is 2.32. The molecule has 196 valence electrons. The summed E-state index contributed by atoms with van der Waals surface area (Å²) in [4.78, 5) is 30.8. The third-order valence-corrected chi connectivity index (χ3v) is 8.49. The molecular weight excluding hydrogens is 522 g/mol. The Hall–Kier alpha value is -4.82. The van der Waals surface area contributed by atoms with E-state index in [2.05, 4.69) is 30.3 Å². The van der Waals surface area contributed by atoms with Gasteiger partial charge in [0.15, 0.2) is 4.80 Å². The summed E-state index contributed by atoms with van der Waals surface area (Å²) in [6.45, 7) is 1.81. The number of thiazole rings is 1. The highest BCUT2D eigenvalue weighted by molar-refractivity contribution is 7.07. The van der Waals surface area contributed by atoms with Crippen molar-refractivity contribution >= 4 is 28.8 Å². The lowest BCUT2D eigenvalue weighted by atomic mass is 9.83. The number of hydrogen-bond donors (Lipinski definition) is 0. The monoisotopic (exact) mass is 545 g/mol. The van der Waals surface area contributed by atoms with Gasteiger partial charge in [-0.2, -0.15) is 0 Å². The van der Waals surface area contributed by atoms with Gasteiger partial charge in [0, 0.05) is 17.7 Å². The number of aromatic nitrogens is 1. The van der Waals surface area contributed by atoms with Gasteiger partial charge in [0.1, 0.15) is 11.5 Å². The van der Waals surface area contributed by atoms with Gasteiger partial charge < -0.3 is 4.42 Å². The molecule has 1 aliphatic heterocycles. The fourth-order valence-electron chi connectivity index (χ4n) is 5.66. The van der Waals surface area contributed by atoms with E-state index in [1.807, 2.05) is 37.3 Å². The maximum Gasteiger partial charge on any atom is 0.280 e. The SMILES string of the molecule is Cc1ccc(-c2ccc(/C=c3/sc4n(c3=O)[C@H](c3ccccc3)C3=C(N=4)c4ccccc4CC3)o2)c([N+](=O)[O-])c1. The summed E-state index contributed by atoms with van der Waals surface area (Å²) in [5.74, 6) is 0.820. The van der Waals surface area contributed by atoms with Crippen molar-refractivity contribution in [3.63, 3.8) is 0 Å². The number of nitro benzene ring substituents is 1. The molecule has 7 rings (SSSR count). The van der Waals surface area contributed by atoms with Crippen molar-refractivity contribution in [3.05, 3.63) is 148 Å². The van der Waals surface area contributed by atoms with Crippen LogP contribution in [0.2, 0.25) is 0 Å². The van der Waals surface area contributed by atoms with Gasteiger partial charge in [0.25, 0.3) is 11.2 Å². The number of nitro groups is 1. The Balaban J connectivity index is 1.38. The number of hydrogen-bond acceptors (Lipinski definition) is 6. The number of furan rings is 1. The molecule has 40 heavy (non-hydrogen) atoms. The normalized spacial score (nSPS) is 16.2. The summed E-state index contributed by atoms with van der Waals surface area (Å²) >= 11 is 1.33. The predicted molar refractivity (Wildman–Crippen MR) is 155 cm³/mol. The third kappa shape index (κ3) is 3.96. The Labute approximate surface area is 232 Å². The van der Waals surface area contributed by atoms with Gasteiger partial charge in [-0.3, -0.25) is 19.5 Å². The molecular formula is C32H23N3O4S. The van der Waals surface area contributed by atoms with E-state index in [0.717, 1.165) is 40.8 Å². The Kier molecular flexibility index (Phi) is 5.71. The van der Waals surface area contributed by atoms with Gasteiger partial charge in [0.2, 0.25) is 0 Å². The molecule has 1 atom stereocenters. The highest BCUT2D eigenvalue weighted by atomic mass is 32.1. The van der Waals surface area contributed by atoms with Crippen LogP contribution in [-0.4, -0.2) is 9.49 Å². The van der Waals surface area contributed by atoms with Crippen molar-refractivity contribution in [1.82, 2.24) is 4.57 Å². The minimum absolute atomic E-state index is 0.0194. The number of fused-ring (bicyclic) bond motifs is 3. The summed E-state index contributed by atoms with van der Waals surface area (Å²) in [5, 5.41) is 11.6. The van der Waals surface area contributed by atoms with E-state index in [-0.39, 0.29) is 17.3 Å². The number of nitrogens with zero attached hydrogens (tertiary/aromatic N) is 3. The summed E-state index contributed by atoms with van der Waals surface area (Å²) in [6.07, 6.45) is 3.43. The zero-order valence-electron chi connectivity index (χ0n) is 21.5. The molecule has 3 heterocycles. The average molecular weight is 546 g/mol. The van der Waals surface area contributed by atoms with Gasteiger partial charge >= 0.3 is 0 Å². The van der Waals surface area contributed by atoms with E-state index in [9.17, 15) is 14.9 Å². The van der Waals surface area contributed by atoms with E-state index in [4.69, 9.17) is 9.41 Å². The van der Waals surface area contributed by atoms with Gasteiger partial charge in [0.05, 0.1) is 26.8 Å². The van der Waals surface area contributed by atoms with E-state index >= 15 is 0 Å². The van der Waals surface area contributed by atoms with Crippen LogP contribution >= 0.6 is 11.3 Å². The minimum Gasteiger partial charge on any atom is -0.456 e. The quantitative estimate of drug-likeness (QED) is 0.211. The van der Waals surface area contributed by atoms with Crippen LogP contribution in [0.4, 0.5) is 5.69 Å². The summed E-state index contributed by atoms with van der Waals surface area (Å²) < 4.78 is 8.29. The van der Waals surface area contributed by atoms with Crippen LogP contribution in [0, 0.1) is 17.0 Å². The van der Waals surface area contributed by atoms with Crippen molar-refractivity contribution in [3.8, 4) is 11.3 Å². The van der Waals surface area contributed by atoms with Gasteiger partial charge in [-0.25, -0.2) is 4.99 Å². The maximum atomic E-state index is 13.9. The van der Waals surface area contributed by atoms with Crippen LogP contribution in [0.15, 0.2) is 105 Å². The lowest BCUT2D eigenvalue weighted by molar-refractivity contribution is -0.384. The molecule has 2 aromatic heterocycles. The Morgan fingerprint density at radius 3 is 2.62 bits per heavy atom. The molecule has 0 radical (unpaired) electrons. The third-order valence-electron chi connectivity index (χ3n) is 7.50. The first-order chi connectivity index (χ1) is 19.5. The number of rotatable bonds is 4. The molecule has 8 heteroatoms. The van der Waals surface area contributed by atoms with Crippen LogP contribution in [0.3, 0.4) is 0 Å². The van der Waals surface area contributed by atoms with E-state index in [1.54, 1.807) is 28.8 Å². The molecule has 0 saturated heterocycles. The van der Waals surface area contributed by atoms with Crippen molar-refractivity contribution in [2.75, 3.05) is 0 Å². The van der Waals surface area contributed by atoms with Gasteiger partial charge in [-0.15, -0.1) is 0 Å². The van der Waals surface area contributed by atoms with Crippen molar-refractivity contribution < 1.29 is 9.34 Å². The first kappa shape index (κ1) is 24.2. The summed E-state index contributed by atoms with van der Waals surface area (Å²) in [5.41, 5.74) is 6.57. The second-order valence-electron chi connectivity index (χ2n) is 10.0. The van der Waals surface area contributed by atoms with Crippen LogP contribution in [0.1, 0.15) is 40.5 Å². The molecule has 1 aliphatic carbocycles. The Bertz CT molecular complexity index is 2030. The number of benzene rings is 3. The fraction of sp³-hybridized carbons (Fsp3) is 0.125. The molecule has 0 spiro atoms. The number of aryl methyl sites for hydroxylation is 2. The van der Waals surface area contributed by atoms with Crippen molar-refractivity contribution in [2.45, 2.75) is 25.8 Å². The number of allylic oxidation sites excluding steroid dienone is 1. The minimum atomic E-state index is -0.411. The Morgan fingerprint density at radius 1 is 1.00 bits per heavy atom. The van der Waals surface area contributed by atoms with Gasteiger partial charge in [-0.05, 0) is 60.2 Å². The summed E-state index contributed by atoms with van der Waals surface area (Å²) in [7, 11) is 0. The topological polar surface area (TPSA) is 90.6 Å². The lowest BCUT2D eigenvalue weighted by Gasteiger charge is -2.30. The Morgan fingerprint density at radius 2 is 1.80 bits per heavy atom. The average Bonchev–Trinajstić information content (AvgIpc) is 3.56. The maximum absolute atomic E-state index is 13.9. The molecule has 0 bridgehead atoms. The molecule has 0 amide bonds. The lowest BCUT2D eigenvalue weighted by Crippen LogP contribution is -2.38. The van der Waals surface area contributed by atoms with Crippen molar-refractivity contribution in [1.29, 1.82) is 0 Å². The zero-order chi connectivity index (χ0) is 27.4. The van der Waals surface area contributed by atoms with Crippen molar-refractivity contribution in [2.24, 2.45) is 4.99 Å².